The molecule has 2 aromatic heterocycles. The van der Waals surface area contributed by atoms with Gasteiger partial charge in [-0.1, -0.05) is 42.5 Å². The van der Waals surface area contributed by atoms with Gasteiger partial charge in [-0.25, -0.2) is 9.37 Å². The summed E-state index contributed by atoms with van der Waals surface area (Å²) >= 11 is 0. The number of aryl methyl sites for hydroxylation is 1. The number of halogens is 1. The fraction of sp³-hybridized carbons (Fsp3) is 0.148. The first-order chi connectivity index (χ1) is 17.1. The van der Waals surface area contributed by atoms with Gasteiger partial charge in [-0.3, -0.25) is 9.48 Å². The van der Waals surface area contributed by atoms with Crippen molar-refractivity contribution in [3.8, 4) is 22.5 Å². The van der Waals surface area contributed by atoms with Crippen molar-refractivity contribution in [2.24, 2.45) is 7.05 Å². The molecule has 0 fully saturated rings. The number of H-pyrrole nitrogens is 1. The lowest BCUT2D eigenvalue weighted by molar-refractivity contribution is 0.0944. The zero-order valence-corrected chi connectivity index (χ0v) is 19.3. The van der Waals surface area contributed by atoms with Crippen LogP contribution in [0.1, 0.15) is 16.1 Å². The fourth-order valence-electron chi connectivity index (χ4n) is 3.96. The Balaban J connectivity index is 1.17. The van der Waals surface area contributed by atoms with Crippen molar-refractivity contribution in [3.05, 3.63) is 96.1 Å². The highest BCUT2D eigenvalue weighted by Gasteiger charge is 2.09. The third-order valence-electron chi connectivity index (χ3n) is 5.84. The molecular formula is C27H25FN6O. The van der Waals surface area contributed by atoms with E-state index in [2.05, 4.69) is 62.1 Å². The van der Waals surface area contributed by atoms with Gasteiger partial charge in [0.05, 0.1) is 11.0 Å². The van der Waals surface area contributed by atoms with E-state index >= 15 is 0 Å². The molecular weight excluding hydrogens is 443 g/mol. The van der Waals surface area contributed by atoms with Crippen molar-refractivity contribution in [1.29, 1.82) is 0 Å². The topological polar surface area (TPSA) is 87.6 Å². The van der Waals surface area contributed by atoms with Gasteiger partial charge in [-0.15, -0.1) is 0 Å². The molecule has 0 bridgehead atoms. The molecule has 176 valence electrons. The maximum atomic E-state index is 13.5. The number of hydrogen-bond donors (Lipinski definition) is 3. The average molecular weight is 469 g/mol. The maximum absolute atomic E-state index is 13.5. The van der Waals surface area contributed by atoms with E-state index in [1.54, 1.807) is 30.1 Å². The van der Waals surface area contributed by atoms with Gasteiger partial charge in [-0.05, 0) is 47.0 Å². The van der Waals surface area contributed by atoms with Crippen LogP contribution in [0.2, 0.25) is 0 Å². The molecule has 3 aromatic carbocycles. The van der Waals surface area contributed by atoms with Gasteiger partial charge in [-0.2, -0.15) is 5.10 Å². The Morgan fingerprint density at radius 2 is 1.80 bits per heavy atom. The summed E-state index contributed by atoms with van der Waals surface area (Å²) in [6.07, 6.45) is 1.61. The van der Waals surface area contributed by atoms with Crippen LogP contribution in [0.3, 0.4) is 0 Å². The number of carbonyl (C=O) groups excluding carboxylic acids is 1. The first-order valence-electron chi connectivity index (χ1n) is 11.4. The molecule has 0 saturated heterocycles. The number of hydrogen-bond acceptors (Lipinski definition) is 4. The van der Waals surface area contributed by atoms with E-state index in [0.29, 0.717) is 36.7 Å². The molecule has 0 atom stereocenters. The second kappa shape index (κ2) is 9.90. The molecule has 5 rings (SSSR count). The Morgan fingerprint density at radius 1 is 0.971 bits per heavy atom. The zero-order valence-electron chi connectivity index (χ0n) is 19.3. The minimum atomic E-state index is -0.287. The summed E-state index contributed by atoms with van der Waals surface area (Å²) < 4.78 is 15.1. The number of amides is 1. The third-order valence-corrected chi connectivity index (χ3v) is 5.84. The van der Waals surface area contributed by atoms with Crippen LogP contribution in [0.4, 0.5) is 4.39 Å². The normalized spacial score (nSPS) is 11.1. The second-order valence-corrected chi connectivity index (χ2v) is 8.30. The van der Waals surface area contributed by atoms with Gasteiger partial charge in [0, 0.05) is 38.4 Å². The van der Waals surface area contributed by atoms with E-state index < -0.39 is 0 Å². The number of nitrogens with zero attached hydrogens (tertiary/aromatic N) is 3. The lowest BCUT2D eigenvalue weighted by Crippen LogP contribution is -2.32. The summed E-state index contributed by atoms with van der Waals surface area (Å²) in [4.78, 5) is 19.9. The summed E-state index contributed by atoms with van der Waals surface area (Å²) in [6.45, 7) is 1.90. The van der Waals surface area contributed by atoms with E-state index in [4.69, 9.17) is 0 Å². The van der Waals surface area contributed by atoms with Gasteiger partial charge < -0.3 is 15.6 Å². The Hall–Kier alpha value is -4.30. The van der Waals surface area contributed by atoms with E-state index in [1.807, 2.05) is 12.1 Å². The van der Waals surface area contributed by atoms with Crippen molar-refractivity contribution in [2.45, 2.75) is 6.54 Å². The van der Waals surface area contributed by atoms with Crippen LogP contribution in [0.15, 0.2) is 79.0 Å². The lowest BCUT2D eigenvalue weighted by Gasteiger charge is -2.09. The van der Waals surface area contributed by atoms with E-state index in [0.717, 1.165) is 27.8 Å². The third kappa shape index (κ3) is 5.12. The molecule has 35 heavy (non-hydrogen) atoms. The van der Waals surface area contributed by atoms with Crippen molar-refractivity contribution >= 4 is 16.9 Å². The largest absolute Gasteiger partial charge is 0.349 e. The molecule has 3 N–H and O–H groups in total. The monoisotopic (exact) mass is 468 g/mol. The second-order valence-electron chi connectivity index (χ2n) is 8.30. The van der Waals surface area contributed by atoms with Gasteiger partial charge >= 0.3 is 0 Å². The molecule has 2 heterocycles. The Labute approximate surface area is 202 Å². The summed E-state index contributed by atoms with van der Waals surface area (Å²) in [7, 11) is 1.74. The molecule has 0 aliphatic carbocycles. The van der Waals surface area contributed by atoms with Crippen LogP contribution in [0, 0.1) is 5.82 Å². The van der Waals surface area contributed by atoms with Gasteiger partial charge in [0.15, 0.2) is 0 Å². The Bertz CT molecular complexity index is 1470. The first kappa shape index (κ1) is 22.5. The standard InChI is InChI=1S/C27H25FN6O/c1-34-25(11-12-31-34)27(35)30-14-13-29-17-18-5-7-19(8-6-18)20-3-2-4-21(15-20)26-32-23-10-9-22(28)16-24(23)33-26/h2-12,15-16,29H,13-14,17H2,1H3,(H,30,35)(H,32,33). The van der Waals surface area contributed by atoms with Crippen LogP contribution in [0.25, 0.3) is 33.5 Å². The molecule has 0 aliphatic rings. The summed E-state index contributed by atoms with van der Waals surface area (Å²) in [6, 6.07) is 22.7. The van der Waals surface area contributed by atoms with Crippen molar-refractivity contribution in [2.75, 3.05) is 13.1 Å². The average Bonchev–Trinajstić information content (AvgIpc) is 3.50. The molecule has 7 nitrogen and oxygen atoms in total. The number of imidazole rings is 1. The highest BCUT2D eigenvalue weighted by Crippen LogP contribution is 2.27. The van der Waals surface area contributed by atoms with Crippen LogP contribution < -0.4 is 10.6 Å². The van der Waals surface area contributed by atoms with Crippen LogP contribution in [0.5, 0.6) is 0 Å². The minimum Gasteiger partial charge on any atom is -0.349 e. The molecule has 0 radical (unpaired) electrons. The highest BCUT2D eigenvalue weighted by molar-refractivity contribution is 5.92. The van der Waals surface area contributed by atoms with Crippen LogP contribution in [-0.4, -0.2) is 38.7 Å². The van der Waals surface area contributed by atoms with Crippen LogP contribution >= 0.6 is 0 Å². The van der Waals surface area contributed by atoms with Gasteiger partial charge in [0.1, 0.15) is 17.3 Å². The lowest BCUT2D eigenvalue weighted by atomic mass is 10.0. The number of benzene rings is 3. The predicted molar refractivity (Wildman–Crippen MR) is 134 cm³/mol. The maximum Gasteiger partial charge on any atom is 0.269 e. The van der Waals surface area contributed by atoms with Crippen molar-refractivity contribution in [1.82, 2.24) is 30.4 Å². The fourth-order valence-corrected chi connectivity index (χ4v) is 3.96. The number of rotatable bonds is 8. The summed E-state index contributed by atoms with van der Waals surface area (Å²) in [5, 5.41) is 10.2. The number of nitrogens with one attached hydrogen (secondary N) is 3. The Kier molecular flexibility index (Phi) is 6.36. The molecule has 0 saturated carbocycles. The van der Waals surface area contributed by atoms with E-state index in [1.165, 1.54) is 12.1 Å². The molecule has 8 heteroatoms. The van der Waals surface area contributed by atoms with Crippen molar-refractivity contribution in [3.63, 3.8) is 0 Å². The number of aromatic amines is 1. The number of carbonyl (C=O) groups is 1. The first-order valence-corrected chi connectivity index (χ1v) is 11.4. The minimum absolute atomic E-state index is 0.131. The van der Waals surface area contributed by atoms with E-state index in [9.17, 15) is 9.18 Å². The SMILES string of the molecule is Cn1nccc1C(=O)NCCNCc1ccc(-c2cccc(-c3nc4ccc(F)cc4[nH]3)c2)cc1. The highest BCUT2D eigenvalue weighted by atomic mass is 19.1. The molecule has 0 spiro atoms. The molecule has 1 amide bonds. The quantitative estimate of drug-likeness (QED) is 0.297. The van der Waals surface area contributed by atoms with Gasteiger partial charge in [0.25, 0.3) is 5.91 Å². The number of aromatic nitrogens is 4. The molecule has 0 unspecified atom stereocenters. The smallest absolute Gasteiger partial charge is 0.269 e. The summed E-state index contributed by atoms with van der Waals surface area (Å²) in [5.74, 6) is 0.294. The van der Waals surface area contributed by atoms with Crippen molar-refractivity contribution < 1.29 is 9.18 Å². The predicted octanol–water partition coefficient (Wildman–Crippen LogP) is 4.29. The molecule has 5 aromatic rings. The zero-order chi connectivity index (χ0) is 24.2. The molecule has 0 aliphatic heterocycles. The number of fused-ring (bicyclic) bond motifs is 1. The Morgan fingerprint density at radius 3 is 2.60 bits per heavy atom. The van der Waals surface area contributed by atoms with Crippen LogP contribution in [-0.2, 0) is 13.6 Å². The summed E-state index contributed by atoms with van der Waals surface area (Å²) in [5.41, 5.74) is 6.23. The van der Waals surface area contributed by atoms with Gasteiger partial charge in [0.2, 0.25) is 0 Å². The van der Waals surface area contributed by atoms with E-state index in [-0.39, 0.29) is 11.7 Å².